The van der Waals surface area contributed by atoms with E-state index < -0.39 is 6.10 Å². The van der Waals surface area contributed by atoms with Crippen LogP contribution in [-0.2, 0) is 18.3 Å². The van der Waals surface area contributed by atoms with Crippen molar-refractivity contribution in [1.29, 1.82) is 0 Å². The number of carbonyl (C=O) groups is 1. The van der Waals surface area contributed by atoms with Gasteiger partial charge in [0.25, 0.3) is 5.91 Å². The number of nitrogens with zero attached hydrogens (tertiary/aromatic N) is 1. The number of likely N-dealkylation sites (tertiary alicyclic amines) is 1. The number of piperidine rings is 1. The summed E-state index contributed by atoms with van der Waals surface area (Å²) >= 11 is 0. The molecule has 3 aromatic carbocycles. The van der Waals surface area contributed by atoms with Crippen LogP contribution in [0.3, 0.4) is 0 Å². The minimum Gasteiger partial charge on any atom is -0.508 e. The molecule has 4 N–H and O–H groups in total. The van der Waals surface area contributed by atoms with E-state index in [9.17, 15) is 20.1 Å². The van der Waals surface area contributed by atoms with Crippen molar-refractivity contribution in [2.24, 2.45) is 5.92 Å². The number of likely N-dealkylation sites (N-methyl/N-ethyl adjacent to an activating group) is 1. The first-order valence-corrected chi connectivity index (χ1v) is 13.4. The Morgan fingerprint density at radius 2 is 1.71 bits per heavy atom. The number of carbonyl (C=O) groups excluding carboxylic acids is 1. The molecule has 0 aromatic heterocycles. The fourth-order valence-corrected chi connectivity index (χ4v) is 6.97. The van der Waals surface area contributed by atoms with Gasteiger partial charge in [-0.05, 0) is 79.7 Å². The average molecular weight is 511 g/mol. The molecule has 6 heteroatoms. The van der Waals surface area contributed by atoms with Crippen LogP contribution in [0.15, 0.2) is 72.8 Å². The highest BCUT2D eigenvalue weighted by molar-refractivity contribution is 5.97. The minimum atomic E-state index is -0.543. The molecule has 0 saturated carbocycles. The molecule has 3 aromatic rings. The summed E-state index contributed by atoms with van der Waals surface area (Å²) in [5.74, 6) is 0.259. The van der Waals surface area contributed by atoms with E-state index in [-0.39, 0.29) is 28.7 Å². The molecule has 4 atom stereocenters. The van der Waals surface area contributed by atoms with Gasteiger partial charge in [0.05, 0.1) is 11.7 Å². The van der Waals surface area contributed by atoms with Crippen molar-refractivity contribution >= 4 is 5.91 Å². The zero-order valence-electron chi connectivity index (χ0n) is 21.6. The van der Waals surface area contributed by atoms with E-state index in [2.05, 4.69) is 23.3 Å². The number of hydrogen-bond donors (Lipinski definition) is 4. The van der Waals surface area contributed by atoms with E-state index in [1.165, 1.54) is 0 Å². The van der Waals surface area contributed by atoms with Gasteiger partial charge in [-0.2, -0.15) is 0 Å². The highest BCUT2D eigenvalue weighted by Gasteiger charge is 2.54. The lowest BCUT2D eigenvalue weighted by atomic mass is 9.53. The highest BCUT2D eigenvalue weighted by atomic mass is 16.3. The first-order chi connectivity index (χ1) is 18.4. The largest absolute Gasteiger partial charge is 0.508 e. The zero-order chi connectivity index (χ0) is 26.4. The Balaban J connectivity index is 1.18. The van der Waals surface area contributed by atoms with Crippen molar-refractivity contribution < 1.29 is 20.1 Å². The maximum absolute atomic E-state index is 13.2. The molecule has 1 aliphatic heterocycles. The van der Waals surface area contributed by atoms with Gasteiger partial charge in [0, 0.05) is 29.5 Å². The molecule has 3 aliphatic rings. The van der Waals surface area contributed by atoms with E-state index in [1.54, 1.807) is 18.2 Å². The number of aliphatic hydroxyl groups is 1. The topological polar surface area (TPSA) is 93.0 Å². The number of benzene rings is 3. The summed E-state index contributed by atoms with van der Waals surface area (Å²) in [6.45, 7) is 1.36. The van der Waals surface area contributed by atoms with Gasteiger partial charge < -0.3 is 25.5 Å². The highest BCUT2D eigenvalue weighted by Crippen LogP contribution is 2.56. The first kappa shape index (κ1) is 24.7. The number of rotatable bonds is 5. The average Bonchev–Trinajstić information content (AvgIpc) is 2.91. The lowest BCUT2D eigenvalue weighted by molar-refractivity contribution is 0.0195. The van der Waals surface area contributed by atoms with E-state index in [0.29, 0.717) is 31.0 Å². The van der Waals surface area contributed by atoms with Crippen LogP contribution < -0.4 is 5.32 Å². The molecule has 38 heavy (non-hydrogen) atoms. The van der Waals surface area contributed by atoms with Gasteiger partial charge >= 0.3 is 0 Å². The van der Waals surface area contributed by atoms with E-state index >= 15 is 0 Å². The fraction of sp³-hybridized carbons (Fsp3) is 0.344. The second kappa shape index (κ2) is 9.61. The van der Waals surface area contributed by atoms with Crippen LogP contribution in [0.25, 0.3) is 11.1 Å². The number of aliphatic hydroxyl groups excluding tert-OH is 1. The maximum atomic E-state index is 13.2. The van der Waals surface area contributed by atoms with Gasteiger partial charge in [-0.15, -0.1) is 0 Å². The summed E-state index contributed by atoms with van der Waals surface area (Å²) in [6, 6.07) is 19.4. The Labute approximate surface area is 223 Å². The second-order valence-corrected chi connectivity index (χ2v) is 11.1. The third-order valence-electron chi connectivity index (χ3n) is 8.93. The normalized spacial score (nSPS) is 25.9. The zero-order valence-corrected chi connectivity index (χ0v) is 21.6. The molecule has 6 nitrogen and oxygen atoms in total. The SMILES string of the molecule is CN1CC[C@]23C[C@@H](O)C=C[C@H]2[C@H]1Cc1ccc(C(=O)NCCc2ccc(-c4ccc(O)cc4)cc2)c(O)c13. The van der Waals surface area contributed by atoms with Crippen LogP contribution in [0, 0.1) is 5.92 Å². The third kappa shape index (κ3) is 4.18. The molecular formula is C32H34N2O4. The van der Waals surface area contributed by atoms with Crippen LogP contribution in [-0.4, -0.2) is 58.4 Å². The molecule has 1 heterocycles. The molecule has 6 rings (SSSR count). The van der Waals surface area contributed by atoms with Gasteiger partial charge in [0.2, 0.25) is 0 Å². The van der Waals surface area contributed by atoms with Crippen LogP contribution in [0.4, 0.5) is 0 Å². The molecule has 2 aliphatic carbocycles. The van der Waals surface area contributed by atoms with Crippen LogP contribution >= 0.6 is 0 Å². The Morgan fingerprint density at radius 1 is 1.00 bits per heavy atom. The summed E-state index contributed by atoms with van der Waals surface area (Å²) in [5, 5.41) is 34.5. The molecule has 196 valence electrons. The number of amides is 1. The monoisotopic (exact) mass is 510 g/mol. The van der Waals surface area contributed by atoms with Crippen molar-refractivity contribution in [3.8, 4) is 22.6 Å². The second-order valence-electron chi connectivity index (χ2n) is 11.1. The molecule has 1 saturated heterocycles. The summed E-state index contributed by atoms with van der Waals surface area (Å²) in [5.41, 5.74) is 5.11. The number of aromatic hydroxyl groups is 2. The molecule has 0 unspecified atom stereocenters. The summed E-state index contributed by atoms with van der Waals surface area (Å²) in [6.07, 6.45) is 6.40. The Hall–Kier alpha value is -3.61. The van der Waals surface area contributed by atoms with Crippen LogP contribution in [0.1, 0.15) is 39.9 Å². The quantitative estimate of drug-likeness (QED) is 0.387. The van der Waals surface area contributed by atoms with E-state index in [4.69, 9.17) is 0 Å². The van der Waals surface area contributed by atoms with Crippen molar-refractivity contribution in [3.05, 3.63) is 95.1 Å². The Morgan fingerprint density at radius 3 is 2.45 bits per heavy atom. The Kier molecular flexibility index (Phi) is 6.25. The fourth-order valence-electron chi connectivity index (χ4n) is 6.97. The Bertz CT molecular complexity index is 1380. The summed E-state index contributed by atoms with van der Waals surface area (Å²) < 4.78 is 0. The van der Waals surface area contributed by atoms with E-state index in [0.717, 1.165) is 47.2 Å². The molecular weight excluding hydrogens is 476 g/mol. The van der Waals surface area contributed by atoms with Gasteiger partial charge in [-0.3, -0.25) is 4.79 Å². The molecule has 1 amide bonds. The number of nitrogens with one attached hydrogen (secondary N) is 1. The van der Waals surface area contributed by atoms with Crippen molar-refractivity contribution in [2.45, 2.75) is 43.2 Å². The standard InChI is InChI=1S/C32H34N2O4/c1-34-17-15-32-19-25(36)11-13-27(32)28(34)18-23-8-12-26(30(37)29(23)32)31(38)33-16-14-20-2-4-21(5-3-20)22-6-9-24(35)10-7-22/h2-13,25,27-28,35-37H,14-19H2,1H3,(H,33,38)/t25-,27-,28+,32-/m0/s1. The van der Waals surface area contributed by atoms with Gasteiger partial charge in [0.1, 0.15) is 11.5 Å². The predicted molar refractivity (Wildman–Crippen MR) is 147 cm³/mol. The predicted octanol–water partition coefficient (Wildman–Crippen LogP) is 4.17. The van der Waals surface area contributed by atoms with Gasteiger partial charge in [-0.25, -0.2) is 0 Å². The summed E-state index contributed by atoms with van der Waals surface area (Å²) in [4.78, 5) is 15.6. The number of hydrogen-bond acceptors (Lipinski definition) is 5. The third-order valence-corrected chi connectivity index (χ3v) is 8.93. The summed E-state index contributed by atoms with van der Waals surface area (Å²) in [7, 11) is 2.15. The van der Waals surface area contributed by atoms with E-state index in [1.807, 2.05) is 48.5 Å². The number of fused-ring (bicyclic) bond motifs is 1. The number of phenolic OH excluding ortho intramolecular Hbond substituents is 2. The van der Waals surface area contributed by atoms with Crippen molar-refractivity contribution in [2.75, 3.05) is 20.1 Å². The molecule has 2 bridgehead atoms. The van der Waals surface area contributed by atoms with Crippen molar-refractivity contribution in [1.82, 2.24) is 10.2 Å². The van der Waals surface area contributed by atoms with Crippen molar-refractivity contribution in [3.63, 3.8) is 0 Å². The lowest BCUT2D eigenvalue weighted by Crippen LogP contribution is -2.60. The molecule has 1 fully saturated rings. The van der Waals surface area contributed by atoms with Crippen LogP contribution in [0.5, 0.6) is 11.5 Å². The lowest BCUT2D eigenvalue weighted by Gasteiger charge is -2.57. The minimum absolute atomic E-state index is 0.0775. The smallest absolute Gasteiger partial charge is 0.255 e. The first-order valence-electron chi connectivity index (χ1n) is 13.4. The maximum Gasteiger partial charge on any atom is 0.255 e. The van der Waals surface area contributed by atoms with Gasteiger partial charge in [0.15, 0.2) is 0 Å². The molecule has 0 radical (unpaired) electrons. The van der Waals surface area contributed by atoms with Crippen LogP contribution in [0.2, 0.25) is 0 Å². The number of phenols is 2. The van der Waals surface area contributed by atoms with Gasteiger partial charge in [-0.1, -0.05) is 54.6 Å². The molecule has 0 spiro atoms.